The van der Waals surface area contributed by atoms with Gasteiger partial charge in [0.25, 0.3) is 15.9 Å². The lowest BCUT2D eigenvalue weighted by atomic mass is 9.96. The Labute approximate surface area is 220 Å². The normalized spacial score (nSPS) is 16.4. The summed E-state index contributed by atoms with van der Waals surface area (Å²) in [4.78, 5) is 38.9. The molecule has 14 heteroatoms. The van der Waals surface area contributed by atoms with Gasteiger partial charge in [0.1, 0.15) is 26.5 Å². The highest BCUT2D eigenvalue weighted by atomic mass is 32.2. The molecule has 2 aromatic carbocycles. The molecule has 2 aliphatic heterocycles. The van der Waals surface area contributed by atoms with Crippen LogP contribution in [0.1, 0.15) is 28.4 Å². The summed E-state index contributed by atoms with van der Waals surface area (Å²) in [6, 6.07) is 8.88. The van der Waals surface area contributed by atoms with Crippen LogP contribution in [0.3, 0.4) is 0 Å². The number of Topliss-reactive ketones (excluding diaryl/α,β-unsaturated/α-hetero) is 1. The standard InChI is InChI=1S/C24H18FN3O7S3/c1-13-26-19-9-15-10-22(30)28(24(31)17(15)11-21(19)38(34,35)27-13)20-5-4-14(8-18(20)25)7-16(29)12-37(32,33)23-3-2-6-36-23/h2-6,8-9,11H,7,10,12H2,1H3,(H,26,27). The monoisotopic (exact) mass is 575 g/mol. The van der Waals surface area contributed by atoms with E-state index in [2.05, 4.69) is 9.71 Å². The number of hydrogen-bond acceptors (Lipinski definition) is 9. The lowest BCUT2D eigenvalue weighted by molar-refractivity contribution is -0.118. The maximum Gasteiger partial charge on any atom is 0.286 e. The van der Waals surface area contributed by atoms with Crippen molar-refractivity contribution >= 4 is 66.0 Å². The Morgan fingerprint density at radius 2 is 1.95 bits per heavy atom. The fraction of sp³-hybridized carbons (Fsp3) is 0.167. The summed E-state index contributed by atoms with van der Waals surface area (Å²) >= 11 is 0.989. The number of amidine groups is 1. The van der Waals surface area contributed by atoms with Crippen LogP contribution in [0.5, 0.6) is 0 Å². The minimum Gasteiger partial charge on any atom is -0.342 e. The Balaban J connectivity index is 1.40. The van der Waals surface area contributed by atoms with Crippen LogP contribution in [-0.4, -0.2) is 46.0 Å². The third-order valence-corrected chi connectivity index (χ3v) is 10.5. The third-order valence-electron chi connectivity index (χ3n) is 5.89. The quantitative estimate of drug-likeness (QED) is 0.442. The Hall–Kier alpha value is -3.75. The SMILES string of the molecule is CC1=NS(=O)(=O)c2cc3c(cc2N1)CC(=O)N(c1ccc(CC(=O)CS(=O)(=O)c2cccs2)cc1F)C3=O. The van der Waals surface area contributed by atoms with Gasteiger partial charge in [-0.2, -0.15) is 8.42 Å². The average molecular weight is 576 g/mol. The van der Waals surface area contributed by atoms with Crippen molar-refractivity contribution in [3.05, 3.63) is 70.4 Å². The fourth-order valence-electron chi connectivity index (χ4n) is 4.29. The number of sulfone groups is 1. The van der Waals surface area contributed by atoms with Gasteiger partial charge >= 0.3 is 0 Å². The molecule has 0 saturated carbocycles. The van der Waals surface area contributed by atoms with Gasteiger partial charge in [-0.05, 0) is 53.8 Å². The van der Waals surface area contributed by atoms with Crippen molar-refractivity contribution in [2.75, 3.05) is 16.0 Å². The number of thiophene rings is 1. The summed E-state index contributed by atoms with van der Waals surface area (Å²) in [7, 11) is -7.89. The van der Waals surface area contributed by atoms with E-state index in [9.17, 15) is 31.2 Å². The zero-order chi connectivity index (χ0) is 27.4. The van der Waals surface area contributed by atoms with E-state index in [1.54, 1.807) is 11.4 Å². The van der Waals surface area contributed by atoms with E-state index >= 15 is 4.39 Å². The van der Waals surface area contributed by atoms with E-state index < -0.39 is 49.0 Å². The number of ketones is 1. The highest BCUT2D eigenvalue weighted by Gasteiger charge is 2.36. The Morgan fingerprint density at radius 3 is 2.63 bits per heavy atom. The number of nitrogens with one attached hydrogen (secondary N) is 1. The van der Waals surface area contributed by atoms with Crippen LogP contribution in [0.4, 0.5) is 15.8 Å². The van der Waals surface area contributed by atoms with E-state index in [1.165, 1.54) is 25.1 Å². The largest absolute Gasteiger partial charge is 0.342 e. The molecule has 0 spiro atoms. The lowest BCUT2D eigenvalue weighted by Crippen LogP contribution is -2.43. The Bertz CT molecular complexity index is 1780. The van der Waals surface area contributed by atoms with Crippen molar-refractivity contribution in [2.45, 2.75) is 28.9 Å². The van der Waals surface area contributed by atoms with Gasteiger partial charge in [-0.1, -0.05) is 12.1 Å². The number of rotatable bonds is 6. The molecule has 0 bridgehead atoms. The van der Waals surface area contributed by atoms with Gasteiger partial charge in [-0.3, -0.25) is 14.4 Å². The predicted molar refractivity (Wildman–Crippen MR) is 137 cm³/mol. The number of anilines is 2. The molecule has 196 valence electrons. The summed E-state index contributed by atoms with van der Waals surface area (Å²) in [5.41, 5.74) is 0.171. The van der Waals surface area contributed by atoms with Crippen molar-refractivity contribution in [3.63, 3.8) is 0 Å². The molecular formula is C24H18FN3O7S3. The van der Waals surface area contributed by atoms with Crippen LogP contribution in [-0.2, 0) is 42.3 Å². The third kappa shape index (κ3) is 4.66. The second kappa shape index (κ2) is 9.22. The van der Waals surface area contributed by atoms with Crippen LogP contribution in [0.15, 0.2) is 61.3 Å². The number of nitrogens with zero attached hydrogens (tertiary/aromatic N) is 2. The highest BCUT2D eigenvalue weighted by molar-refractivity contribution is 7.94. The van der Waals surface area contributed by atoms with Crippen LogP contribution < -0.4 is 10.2 Å². The minimum absolute atomic E-state index is 0.0570. The number of carbonyl (C=O) groups excluding carboxylic acids is 3. The van der Waals surface area contributed by atoms with Crippen LogP contribution in [0.25, 0.3) is 0 Å². The Kier molecular flexibility index (Phi) is 6.28. The number of amides is 2. The molecule has 0 aliphatic carbocycles. The van der Waals surface area contributed by atoms with Gasteiger partial charge in [0.05, 0.1) is 17.8 Å². The maximum absolute atomic E-state index is 15.1. The molecule has 0 radical (unpaired) electrons. The summed E-state index contributed by atoms with van der Waals surface area (Å²) in [5.74, 6) is -3.88. The van der Waals surface area contributed by atoms with E-state index in [-0.39, 0.29) is 55.8 Å². The van der Waals surface area contributed by atoms with E-state index in [4.69, 9.17) is 0 Å². The summed E-state index contributed by atoms with van der Waals surface area (Å²) in [6.07, 6.45) is -0.657. The topological polar surface area (TPSA) is 147 Å². The first-order valence-corrected chi connectivity index (χ1v) is 15.0. The molecular weight excluding hydrogens is 557 g/mol. The lowest BCUT2D eigenvalue weighted by Gasteiger charge is -2.29. The molecule has 10 nitrogen and oxygen atoms in total. The zero-order valence-electron chi connectivity index (χ0n) is 19.6. The van der Waals surface area contributed by atoms with Crippen LogP contribution in [0, 0.1) is 5.82 Å². The van der Waals surface area contributed by atoms with Gasteiger partial charge in [0.2, 0.25) is 5.91 Å². The number of halogens is 1. The molecule has 2 amide bonds. The van der Waals surface area contributed by atoms with Gasteiger partial charge in [0, 0.05) is 12.0 Å². The van der Waals surface area contributed by atoms with Crippen molar-refractivity contribution in [3.8, 4) is 0 Å². The maximum atomic E-state index is 15.1. The summed E-state index contributed by atoms with van der Waals surface area (Å²) in [5, 5.41) is 4.38. The number of sulfonamides is 1. The molecule has 2 aliphatic rings. The van der Waals surface area contributed by atoms with Crippen molar-refractivity contribution in [2.24, 2.45) is 4.40 Å². The number of fused-ring (bicyclic) bond motifs is 2. The van der Waals surface area contributed by atoms with Crippen molar-refractivity contribution < 1.29 is 35.6 Å². The van der Waals surface area contributed by atoms with Crippen LogP contribution >= 0.6 is 11.3 Å². The number of carbonyl (C=O) groups is 3. The second-order valence-corrected chi connectivity index (χ2v) is 13.4. The fourth-order valence-corrected chi connectivity index (χ4v) is 7.78. The molecule has 3 aromatic rings. The van der Waals surface area contributed by atoms with E-state index in [0.29, 0.717) is 4.90 Å². The van der Waals surface area contributed by atoms with Gasteiger partial charge < -0.3 is 5.32 Å². The molecule has 1 aromatic heterocycles. The number of hydrogen-bond donors (Lipinski definition) is 1. The molecule has 0 atom stereocenters. The average Bonchev–Trinajstić information content (AvgIpc) is 3.35. The molecule has 3 heterocycles. The molecule has 1 N–H and O–H groups in total. The zero-order valence-corrected chi connectivity index (χ0v) is 22.0. The minimum atomic E-state index is -4.08. The first kappa shape index (κ1) is 25.9. The number of imide groups is 1. The van der Waals surface area contributed by atoms with Crippen molar-refractivity contribution in [1.82, 2.24) is 0 Å². The van der Waals surface area contributed by atoms with Crippen molar-refractivity contribution in [1.29, 1.82) is 0 Å². The molecule has 0 unspecified atom stereocenters. The van der Waals surface area contributed by atoms with Crippen LogP contribution in [0.2, 0.25) is 0 Å². The van der Waals surface area contributed by atoms with Gasteiger partial charge in [-0.15, -0.1) is 15.7 Å². The molecule has 0 saturated heterocycles. The summed E-state index contributed by atoms with van der Waals surface area (Å²) < 4.78 is 68.3. The second-order valence-electron chi connectivity index (χ2n) is 8.69. The first-order chi connectivity index (χ1) is 17.9. The molecule has 5 rings (SSSR count). The Morgan fingerprint density at radius 1 is 1.18 bits per heavy atom. The predicted octanol–water partition coefficient (Wildman–Crippen LogP) is 2.73. The van der Waals surface area contributed by atoms with E-state index in [1.807, 2.05) is 0 Å². The number of benzene rings is 2. The molecule has 38 heavy (non-hydrogen) atoms. The first-order valence-electron chi connectivity index (χ1n) is 11.0. The molecule has 0 fully saturated rings. The van der Waals surface area contributed by atoms with E-state index in [0.717, 1.165) is 29.5 Å². The van der Waals surface area contributed by atoms with Gasteiger partial charge in [0.15, 0.2) is 15.6 Å². The highest BCUT2D eigenvalue weighted by Crippen LogP contribution is 2.35. The van der Waals surface area contributed by atoms with Gasteiger partial charge in [-0.25, -0.2) is 17.7 Å². The summed E-state index contributed by atoms with van der Waals surface area (Å²) in [6.45, 7) is 1.46. The smallest absolute Gasteiger partial charge is 0.286 e.